The molecule has 4 rings (SSSR count). The van der Waals surface area contributed by atoms with Gasteiger partial charge in [0, 0.05) is 18.3 Å². The van der Waals surface area contributed by atoms with E-state index in [2.05, 4.69) is 20.4 Å². The molecule has 7 atom stereocenters. The molecule has 3 fully saturated rings. The maximum Gasteiger partial charge on any atom is 0.332 e. The van der Waals surface area contributed by atoms with Crippen LogP contribution in [-0.4, -0.2) is 35.9 Å². The molecule has 0 heterocycles. The summed E-state index contributed by atoms with van der Waals surface area (Å²) in [6, 6.07) is 0. The number of nitrogens with two attached hydrogens (primary N) is 2. The van der Waals surface area contributed by atoms with Gasteiger partial charge in [-0.15, -0.1) is 6.58 Å². The summed E-state index contributed by atoms with van der Waals surface area (Å²) in [6.07, 6.45) is 7.89. The number of allylic oxidation sites excluding steroid dienone is 1. The van der Waals surface area contributed by atoms with Crippen LogP contribution in [0.15, 0.2) is 24.3 Å². The zero-order valence-electron chi connectivity index (χ0n) is 21.3. The van der Waals surface area contributed by atoms with Crippen LogP contribution in [0.4, 0.5) is 8.78 Å². The molecular weight excluding hydrogens is 450 g/mol. The third kappa shape index (κ3) is 4.01. The van der Waals surface area contributed by atoms with E-state index in [0.29, 0.717) is 37.0 Å². The van der Waals surface area contributed by atoms with Gasteiger partial charge in [0.1, 0.15) is 5.60 Å². The summed E-state index contributed by atoms with van der Waals surface area (Å²) >= 11 is 0. The molecule has 5 nitrogen and oxygen atoms in total. The molecule has 35 heavy (non-hydrogen) atoms. The second-order valence-corrected chi connectivity index (χ2v) is 12.1. The fraction of sp³-hybridized carbons (Fsp3) is 0.786. The van der Waals surface area contributed by atoms with Crippen molar-refractivity contribution in [3.05, 3.63) is 24.3 Å². The van der Waals surface area contributed by atoms with Crippen molar-refractivity contribution >= 4 is 11.8 Å². The fourth-order valence-electron chi connectivity index (χ4n) is 8.40. The number of fused-ring (bicyclic) bond motifs is 5. The molecular formula is C28H42F2N2O3. The highest BCUT2D eigenvalue weighted by Gasteiger charge is 2.66. The lowest BCUT2D eigenvalue weighted by molar-refractivity contribution is -0.195. The van der Waals surface area contributed by atoms with Crippen molar-refractivity contribution in [2.45, 2.75) is 102 Å². The zero-order chi connectivity index (χ0) is 25.6. The number of alkyl halides is 2. The van der Waals surface area contributed by atoms with Gasteiger partial charge >= 0.3 is 5.97 Å². The van der Waals surface area contributed by atoms with Gasteiger partial charge in [0.2, 0.25) is 0 Å². The molecule has 0 saturated heterocycles. The van der Waals surface area contributed by atoms with Gasteiger partial charge in [-0.2, -0.15) is 0 Å². The summed E-state index contributed by atoms with van der Waals surface area (Å²) in [5, 5.41) is 0. The Balaban J connectivity index is 1.63. The van der Waals surface area contributed by atoms with E-state index in [1.807, 2.05) is 6.08 Å². The molecule has 0 aliphatic heterocycles. The van der Waals surface area contributed by atoms with E-state index in [4.69, 9.17) is 16.2 Å². The van der Waals surface area contributed by atoms with Crippen molar-refractivity contribution in [2.75, 3.05) is 6.54 Å². The molecule has 3 saturated carbocycles. The van der Waals surface area contributed by atoms with Crippen molar-refractivity contribution in [1.29, 1.82) is 0 Å². The molecule has 0 amide bonds. The first-order valence-corrected chi connectivity index (χ1v) is 13.3. The summed E-state index contributed by atoms with van der Waals surface area (Å²) in [4.78, 5) is 25.4. The van der Waals surface area contributed by atoms with E-state index < -0.39 is 23.5 Å². The molecule has 196 valence electrons. The minimum Gasteiger partial charge on any atom is -0.457 e. The third-order valence-electron chi connectivity index (χ3n) is 10.6. The van der Waals surface area contributed by atoms with Crippen LogP contribution in [0.5, 0.6) is 0 Å². The lowest BCUT2D eigenvalue weighted by Crippen LogP contribution is -2.61. The van der Waals surface area contributed by atoms with Crippen molar-refractivity contribution in [3.8, 4) is 0 Å². The number of hydrogen-bond donors (Lipinski definition) is 2. The first-order chi connectivity index (χ1) is 16.5. The van der Waals surface area contributed by atoms with Crippen LogP contribution in [0.2, 0.25) is 0 Å². The van der Waals surface area contributed by atoms with Crippen molar-refractivity contribution in [3.63, 3.8) is 0 Å². The fourth-order valence-corrected chi connectivity index (χ4v) is 8.40. The van der Waals surface area contributed by atoms with E-state index in [9.17, 15) is 18.4 Å². The van der Waals surface area contributed by atoms with Gasteiger partial charge in [-0.05, 0) is 93.6 Å². The molecule has 4 aliphatic rings. The molecule has 7 heteroatoms. The second kappa shape index (κ2) is 9.37. The Hall–Kier alpha value is -1.60. The lowest BCUT2D eigenvalue weighted by Gasteiger charge is -2.59. The maximum atomic E-state index is 14.0. The van der Waals surface area contributed by atoms with E-state index >= 15 is 0 Å². The Morgan fingerprint density at radius 3 is 2.60 bits per heavy atom. The third-order valence-corrected chi connectivity index (χ3v) is 10.6. The van der Waals surface area contributed by atoms with Gasteiger partial charge in [-0.3, -0.25) is 4.79 Å². The number of hydrogen-bond acceptors (Lipinski definition) is 5. The predicted molar refractivity (Wildman–Crippen MR) is 132 cm³/mol. The molecule has 7 unspecified atom stereocenters. The number of carbonyl (C=O) groups excluding carboxylic acids is 2. The Kier molecular flexibility index (Phi) is 7.08. The minimum atomic E-state index is -3.03. The highest BCUT2D eigenvalue weighted by Crippen LogP contribution is 2.69. The molecule has 0 bridgehead atoms. The smallest absolute Gasteiger partial charge is 0.332 e. The van der Waals surface area contributed by atoms with Crippen LogP contribution in [-0.2, 0) is 14.3 Å². The summed E-state index contributed by atoms with van der Waals surface area (Å²) in [7, 11) is 0. The average Bonchev–Trinajstić information content (AvgIpc) is 3.09. The Morgan fingerprint density at radius 1 is 1.23 bits per heavy atom. The summed E-state index contributed by atoms with van der Waals surface area (Å²) in [5.41, 5.74) is 9.28. The van der Waals surface area contributed by atoms with Crippen LogP contribution in [0.25, 0.3) is 0 Å². The van der Waals surface area contributed by atoms with Crippen molar-refractivity contribution in [2.24, 2.45) is 40.1 Å². The number of ether oxygens (including phenoxy) is 1. The average molecular weight is 493 g/mol. The SMILES string of the molecule is C=CCC1(OC(=O)C(N)(CCCN)C(F)F)CCC2C3CCC4=CC(=O)CCC4(C)C3CCC21C. The summed E-state index contributed by atoms with van der Waals surface area (Å²) in [5.74, 6) is 0.507. The molecule has 0 radical (unpaired) electrons. The van der Waals surface area contributed by atoms with Gasteiger partial charge in [-0.1, -0.05) is 25.5 Å². The molecule has 4 aliphatic carbocycles. The maximum absolute atomic E-state index is 14.0. The normalized spacial score (nSPS) is 40.3. The topological polar surface area (TPSA) is 95.4 Å². The van der Waals surface area contributed by atoms with E-state index in [1.54, 1.807) is 6.08 Å². The molecule has 0 aromatic rings. The highest BCUT2D eigenvalue weighted by molar-refractivity contribution is 5.91. The Morgan fingerprint density at radius 2 is 1.94 bits per heavy atom. The molecule has 0 aromatic heterocycles. The second-order valence-electron chi connectivity index (χ2n) is 12.1. The first kappa shape index (κ1) is 26.5. The van der Waals surface area contributed by atoms with Gasteiger partial charge in [-0.25, -0.2) is 13.6 Å². The summed E-state index contributed by atoms with van der Waals surface area (Å²) < 4.78 is 34.2. The number of halogens is 2. The quantitative estimate of drug-likeness (QED) is 0.364. The standard InChI is InChI=1S/C28H42F2N2O3/c1-4-11-27(35-24(34)28(32,23(29)30)12-5-16-31)15-10-22-20-7-6-18-17-19(33)8-13-25(18,2)21(20)9-14-26(22,27)3/h4,17,20-23H,1,5-16,31-32H2,2-3H3. The molecule has 0 aromatic carbocycles. The van der Waals surface area contributed by atoms with Crippen molar-refractivity contribution in [1.82, 2.24) is 0 Å². The number of esters is 1. The van der Waals surface area contributed by atoms with Crippen LogP contribution in [0.3, 0.4) is 0 Å². The Bertz CT molecular complexity index is 907. The van der Waals surface area contributed by atoms with Crippen molar-refractivity contribution < 1.29 is 23.1 Å². The van der Waals surface area contributed by atoms with Crippen LogP contribution >= 0.6 is 0 Å². The number of carbonyl (C=O) groups is 2. The van der Waals surface area contributed by atoms with Crippen LogP contribution < -0.4 is 11.5 Å². The Labute approximate surface area is 208 Å². The summed E-state index contributed by atoms with van der Waals surface area (Å²) in [6.45, 7) is 8.62. The number of ketones is 1. The zero-order valence-corrected chi connectivity index (χ0v) is 21.3. The van der Waals surface area contributed by atoms with Gasteiger partial charge in [0.15, 0.2) is 11.3 Å². The first-order valence-electron chi connectivity index (χ1n) is 13.3. The van der Waals surface area contributed by atoms with Gasteiger partial charge < -0.3 is 16.2 Å². The molecule has 0 spiro atoms. The van der Waals surface area contributed by atoms with E-state index in [0.717, 1.165) is 38.5 Å². The van der Waals surface area contributed by atoms with Crippen LogP contribution in [0.1, 0.15) is 84.5 Å². The van der Waals surface area contributed by atoms with Crippen LogP contribution in [0, 0.1) is 28.6 Å². The number of rotatable bonds is 8. The van der Waals surface area contributed by atoms with Gasteiger partial charge in [0.25, 0.3) is 6.43 Å². The monoisotopic (exact) mass is 492 g/mol. The largest absolute Gasteiger partial charge is 0.457 e. The predicted octanol–water partition coefficient (Wildman–Crippen LogP) is 5.08. The van der Waals surface area contributed by atoms with E-state index in [-0.39, 0.29) is 36.0 Å². The van der Waals surface area contributed by atoms with Gasteiger partial charge in [0.05, 0.1) is 0 Å². The lowest BCUT2D eigenvalue weighted by atomic mass is 9.46. The minimum absolute atomic E-state index is 0.0445. The highest BCUT2D eigenvalue weighted by atomic mass is 19.3. The van der Waals surface area contributed by atoms with E-state index in [1.165, 1.54) is 5.57 Å². The molecule has 4 N–H and O–H groups in total.